The van der Waals surface area contributed by atoms with Crippen LogP contribution in [-0.2, 0) is 23.1 Å². The monoisotopic (exact) mass is 478 g/mol. The standard InChI is InChI=1S/C25H26N4O6/c1-28-23(24(33)29(10-11-30)14-22(31)32)16(13-27-28)12-26-25(34)35-15-21-19-8-4-2-6-17(19)18-7-3-5-9-20(18)21/h2-9,13,21,30H,10-12,14-15H2,1H3,(H,26,34)(H,31,32). The summed E-state index contributed by atoms with van der Waals surface area (Å²) in [6.07, 6.45) is 0.779. The Morgan fingerprint density at radius 1 is 1.09 bits per heavy atom. The van der Waals surface area contributed by atoms with Crippen LogP contribution in [0, 0.1) is 0 Å². The fraction of sp³-hybridized carbons (Fsp3) is 0.280. The third-order valence-corrected chi connectivity index (χ3v) is 5.97. The predicted molar refractivity (Wildman–Crippen MR) is 126 cm³/mol. The van der Waals surface area contributed by atoms with Gasteiger partial charge >= 0.3 is 12.1 Å². The van der Waals surface area contributed by atoms with Crippen LogP contribution in [0.3, 0.4) is 0 Å². The van der Waals surface area contributed by atoms with Crippen LogP contribution < -0.4 is 5.32 Å². The SMILES string of the molecule is Cn1ncc(CNC(=O)OCC2c3ccccc3-c3ccccc32)c1C(=O)N(CCO)CC(=O)O. The number of ether oxygens (including phenoxy) is 1. The molecule has 4 rings (SSSR count). The molecular formula is C25H26N4O6. The largest absolute Gasteiger partial charge is 0.480 e. The second kappa shape index (κ2) is 10.4. The molecule has 2 aromatic carbocycles. The maximum atomic E-state index is 12.9. The number of aliphatic hydroxyl groups excluding tert-OH is 1. The molecule has 10 nitrogen and oxygen atoms in total. The second-order valence-corrected chi connectivity index (χ2v) is 8.17. The fourth-order valence-electron chi connectivity index (χ4n) is 4.39. The van der Waals surface area contributed by atoms with Crippen molar-refractivity contribution in [1.29, 1.82) is 0 Å². The molecule has 0 unspecified atom stereocenters. The van der Waals surface area contributed by atoms with Gasteiger partial charge in [0.25, 0.3) is 5.91 Å². The molecule has 3 aromatic rings. The van der Waals surface area contributed by atoms with Crippen LogP contribution in [-0.4, -0.2) is 69.2 Å². The topological polar surface area (TPSA) is 134 Å². The van der Waals surface area contributed by atoms with Crippen molar-refractivity contribution in [3.05, 3.63) is 77.1 Å². The summed E-state index contributed by atoms with van der Waals surface area (Å²) in [5.74, 6) is -1.88. The van der Waals surface area contributed by atoms with Gasteiger partial charge in [0, 0.05) is 25.1 Å². The lowest BCUT2D eigenvalue weighted by molar-refractivity contribution is -0.137. The van der Waals surface area contributed by atoms with Gasteiger partial charge in [0.15, 0.2) is 0 Å². The van der Waals surface area contributed by atoms with Crippen molar-refractivity contribution in [3.8, 4) is 11.1 Å². The van der Waals surface area contributed by atoms with Gasteiger partial charge in [-0.2, -0.15) is 5.10 Å². The molecule has 1 aliphatic rings. The maximum Gasteiger partial charge on any atom is 0.407 e. The van der Waals surface area contributed by atoms with E-state index in [9.17, 15) is 19.5 Å². The highest BCUT2D eigenvalue weighted by molar-refractivity contribution is 5.95. The van der Waals surface area contributed by atoms with Gasteiger partial charge in [-0.1, -0.05) is 48.5 Å². The van der Waals surface area contributed by atoms with Crippen LogP contribution in [0.2, 0.25) is 0 Å². The van der Waals surface area contributed by atoms with Gasteiger partial charge in [0.2, 0.25) is 0 Å². The van der Waals surface area contributed by atoms with E-state index in [1.54, 1.807) is 7.05 Å². The minimum absolute atomic E-state index is 0.0361. The first-order valence-electron chi connectivity index (χ1n) is 11.1. The number of rotatable bonds is 9. The number of carboxylic acids is 1. The Kier molecular flexibility index (Phi) is 7.11. The molecule has 1 aliphatic carbocycles. The summed E-state index contributed by atoms with van der Waals surface area (Å²) in [4.78, 5) is 37.5. The summed E-state index contributed by atoms with van der Waals surface area (Å²) >= 11 is 0. The lowest BCUT2D eigenvalue weighted by Crippen LogP contribution is -2.39. The fourth-order valence-corrected chi connectivity index (χ4v) is 4.39. The predicted octanol–water partition coefficient (Wildman–Crippen LogP) is 1.98. The van der Waals surface area contributed by atoms with E-state index >= 15 is 0 Å². The van der Waals surface area contributed by atoms with Crippen LogP contribution in [0.25, 0.3) is 11.1 Å². The highest BCUT2D eigenvalue weighted by atomic mass is 16.5. The highest BCUT2D eigenvalue weighted by Crippen LogP contribution is 2.44. The Labute approximate surface area is 201 Å². The van der Waals surface area contributed by atoms with Crippen LogP contribution in [0.15, 0.2) is 54.7 Å². The van der Waals surface area contributed by atoms with Gasteiger partial charge < -0.3 is 25.2 Å². The summed E-state index contributed by atoms with van der Waals surface area (Å²) in [6.45, 7) is -0.975. The normalized spacial score (nSPS) is 12.1. The average Bonchev–Trinajstić information content (AvgIpc) is 3.38. The molecule has 0 radical (unpaired) electrons. The molecule has 0 saturated heterocycles. The van der Waals surface area contributed by atoms with E-state index in [1.165, 1.54) is 10.9 Å². The number of nitrogens with zero attached hydrogens (tertiary/aromatic N) is 3. The summed E-state index contributed by atoms with van der Waals surface area (Å²) < 4.78 is 6.83. The van der Waals surface area contributed by atoms with Crippen LogP contribution in [0.5, 0.6) is 0 Å². The molecule has 0 fully saturated rings. The molecule has 182 valence electrons. The Morgan fingerprint density at radius 3 is 2.31 bits per heavy atom. The highest BCUT2D eigenvalue weighted by Gasteiger charge is 2.29. The molecule has 0 bridgehead atoms. The number of aliphatic carboxylic acids is 1. The van der Waals surface area contributed by atoms with Crippen molar-refractivity contribution < 1.29 is 29.3 Å². The van der Waals surface area contributed by atoms with Gasteiger partial charge in [0.05, 0.1) is 19.3 Å². The average molecular weight is 479 g/mol. The van der Waals surface area contributed by atoms with Crippen molar-refractivity contribution in [3.63, 3.8) is 0 Å². The lowest BCUT2D eigenvalue weighted by Gasteiger charge is -2.20. The van der Waals surface area contributed by atoms with Crippen molar-refractivity contribution in [2.75, 3.05) is 26.3 Å². The number of hydrogen-bond acceptors (Lipinski definition) is 6. The quantitative estimate of drug-likeness (QED) is 0.428. The van der Waals surface area contributed by atoms with Crippen LogP contribution in [0.4, 0.5) is 4.79 Å². The Hall–Kier alpha value is -4.18. The molecule has 2 amide bonds. The van der Waals surface area contributed by atoms with E-state index in [4.69, 9.17) is 9.84 Å². The number of aryl methyl sites for hydroxylation is 1. The first-order chi connectivity index (χ1) is 16.9. The summed E-state index contributed by atoms with van der Waals surface area (Å²) in [6, 6.07) is 16.1. The number of aromatic nitrogens is 2. The van der Waals surface area contributed by atoms with E-state index in [-0.39, 0.29) is 37.9 Å². The summed E-state index contributed by atoms with van der Waals surface area (Å²) in [7, 11) is 1.54. The first kappa shape index (κ1) is 24.0. The van der Waals surface area contributed by atoms with Crippen molar-refractivity contribution in [2.24, 2.45) is 7.05 Å². The van der Waals surface area contributed by atoms with E-state index < -0.39 is 24.5 Å². The Balaban J connectivity index is 1.41. The molecule has 0 atom stereocenters. The van der Waals surface area contributed by atoms with Crippen LogP contribution in [0.1, 0.15) is 33.1 Å². The smallest absolute Gasteiger partial charge is 0.407 e. The number of benzene rings is 2. The number of nitrogens with one attached hydrogen (secondary N) is 1. The minimum Gasteiger partial charge on any atom is -0.480 e. The maximum absolute atomic E-state index is 12.9. The summed E-state index contributed by atoms with van der Waals surface area (Å²) in [5, 5.41) is 25.0. The Morgan fingerprint density at radius 2 is 1.71 bits per heavy atom. The van der Waals surface area contributed by atoms with Gasteiger partial charge in [-0.25, -0.2) is 4.79 Å². The number of aliphatic hydroxyl groups is 1. The number of fused-ring (bicyclic) bond motifs is 3. The van der Waals surface area contributed by atoms with Gasteiger partial charge in [-0.3, -0.25) is 14.3 Å². The molecule has 0 spiro atoms. The van der Waals surface area contributed by atoms with E-state index in [1.807, 2.05) is 36.4 Å². The number of carbonyl (C=O) groups excluding carboxylic acids is 2. The number of alkyl carbamates (subject to hydrolysis) is 1. The number of carbonyl (C=O) groups is 3. The van der Waals surface area contributed by atoms with Gasteiger partial charge in [0.1, 0.15) is 18.8 Å². The molecule has 0 aliphatic heterocycles. The molecule has 1 heterocycles. The van der Waals surface area contributed by atoms with Gasteiger partial charge in [-0.15, -0.1) is 0 Å². The van der Waals surface area contributed by atoms with E-state index in [0.29, 0.717) is 5.56 Å². The zero-order valence-corrected chi connectivity index (χ0v) is 19.2. The lowest BCUT2D eigenvalue weighted by atomic mass is 9.98. The summed E-state index contributed by atoms with van der Waals surface area (Å²) in [5.41, 5.74) is 4.99. The molecule has 10 heteroatoms. The third-order valence-electron chi connectivity index (χ3n) is 5.97. The molecular weight excluding hydrogens is 452 g/mol. The van der Waals surface area contributed by atoms with Crippen molar-refractivity contribution in [2.45, 2.75) is 12.5 Å². The second-order valence-electron chi connectivity index (χ2n) is 8.17. The van der Waals surface area contributed by atoms with E-state index in [2.05, 4.69) is 22.5 Å². The molecule has 35 heavy (non-hydrogen) atoms. The van der Waals surface area contributed by atoms with E-state index in [0.717, 1.165) is 27.2 Å². The number of amides is 2. The third kappa shape index (κ3) is 5.02. The molecule has 3 N–H and O–H groups in total. The van der Waals surface area contributed by atoms with Crippen molar-refractivity contribution >= 4 is 18.0 Å². The molecule has 1 aromatic heterocycles. The first-order valence-corrected chi connectivity index (χ1v) is 11.1. The van der Waals surface area contributed by atoms with Crippen LogP contribution >= 0.6 is 0 Å². The molecule has 0 saturated carbocycles. The zero-order chi connectivity index (χ0) is 24.9. The zero-order valence-electron chi connectivity index (χ0n) is 19.2. The number of carboxylic acid groups (broad SMARTS) is 1. The minimum atomic E-state index is -1.20. The van der Waals surface area contributed by atoms with Crippen molar-refractivity contribution in [1.82, 2.24) is 20.0 Å². The number of hydrogen-bond donors (Lipinski definition) is 3. The Bertz CT molecular complexity index is 1210. The van der Waals surface area contributed by atoms with Gasteiger partial charge in [-0.05, 0) is 22.3 Å².